The first-order chi connectivity index (χ1) is 8.97. The summed E-state index contributed by atoms with van der Waals surface area (Å²) in [6.45, 7) is 8.84. The minimum absolute atomic E-state index is 0.132. The summed E-state index contributed by atoms with van der Waals surface area (Å²) in [5.41, 5.74) is 0. The van der Waals surface area contributed by atoms with Crippen LogP contribution in [-0.2, 0) is 28.5 Å². The van der Waals surface area contributed by atoms with Crippen LogP contribution in [-0.4, -0.2) is 51.6 Å². The van der Waals surface area contributed by atoms with Crippen LogP contribution in [0, 0.1) is 0 Å². The van der Waals surface area contributed by atoms with Gasteiger partial charge in [0, 0.05) is 27.1 Å². The Labute approximate surface area is 115 Å². The highest BCUT2D eigenvalue weighted by Crippen LogP contribution is 1.90. The van der Waals surface area contributed by atoms with Crippen molar-refractivity contribution < 1.29 is 28.5 Å². The van der Waals surface area contributed by atoms with Crippen molar-refractivity contribution >= 4 is 11.9 Å². The van der Waals surface area contributed by atoms with Crippen LogP contribution in [0.2, 0.25) is 0 Å². The summed E-state index contributed by atoms with van der Waals surface area (Å²) in [6, 6.07) is 0. The smallest absolute Gasteiger partial charge is 0.305 e. The molecule has 0 saturated heterocycles. The third-order valence-electron chi connectivity index (χ3n) is 1.75. The van der Waals surface area contributed by atoms with Crippen molar-refractivity contribution in [3.63, 3.8) is 0 Å². The summed E-state index contributed by atoms with van der Waals surface area (Å²) in [4.78, 5) is 20.7. The molecule has 0 radical (unpaired) electrons. The van der Waals surface area contributed by atoms with Crippen LogP contribution in [0.4, 0.5) is 0 Å². The van der Waals surface area contributed by atoms with Crippen molar-refractivity contribution in [1.82, 2.24) is 0 Å². The second-order valence-corrected chi connectivity index (χ2v) is 3.65. The Bertz CT molecular complexity index is 229. The van der Waals surface area contributed by atoms with Gasteiger partial charge in [-0.25, -0.2) is 0 Å². The molecule has 0 amide bonds. The summed E-state index contributed by atoms with van der Waals surface area (Å²) in [6.07, 6.45) is 0.305. The van der Waals surface area contributed by atoms with Gasteiger partial charge in [0.15, 0.2) is 0 Å². The average Bonchev–Trinajstić information content (AvgIpc) is 2.34. The molecule has 0 aromatic rings. The fourth-order valence-electron chi connectivity index (χ4n) is 1.01. The van der Waals surface area contributed by atoms with E-state index in [2.05, 4.69) is 0 Å². The second kappa shape index (κ2) is 14.9. The Morgan fingerprint density at radius 1 is 1.16 bits per heavy atom. The number of carbonyl (C=O) groups excluding carboxylic acids is 2. The lowest BCUT2D eigenvalue weighted by Crippen LogP contribution is -2.17. The summed E-state index contributed by atoms with van der Waals surface area (Å²) in [5.74, 6) is -0.431. The van der Waals surface area contributed by atoms with E-state index in [9.17, 15) is 9.59 Å². The Kier molecular flexibility index (Phi) is 15.8. The molecule has 0 fully saturated rings. The summed E-state index contributed by atoms with van der Waals surface area (Å²) < 4.78 is 19.1. The van der Waals surface area contributed by atoms with Gasteiger partial charge in [0.25, 0.3) is 0 Å². The molecule has 0 aliphatic rings. The highest BCUT2D eigenvalue weighted by Gasteiger charge is 2.02. The lowest BCUT2D eigenvalue weighted by molar-refractivity contribution is -0.147. The van der Waals surface area contributed by atoms with Crippen molar-refractivity contribution in [2.45, 2.75) is 40.2 Å². The number of hydrogen-bond acceptors (Lipinski definition) is 6. The molecule has 0 saturated carbocycles. The SMILES string of the molecule is CCOCCOC(=O)CC.COCC(C)OC(C)=O. The zero-order valence-corrected chi connectivity index (χ0v) is 12.6. The zero-order valence-electron chi connectivity index (χ0n) is 12.6. The molecule has 0 aliphatic carbocycles. The molecule has 1 atom stereocenters. The predicted molar refractivity (Wildman–Crippen MR) is 70.8 cm³/mol. The fraction of sp³-hybridized carbons (Fsp3) is 0.846. The Morgan fingerprint density at radius 2 is 1.79 bits per heavy atom. The average molecular weight is 278 g/mol. The van der Waals surface area contributed by atoms with Gasteiger partial charge in [-0.1, -0.05) is 6.92 Å². The standard InChI is InChI=1S/C7H14O3.C6H12O3/c1-3-7(8)10-6-5-9-4-2;1-5(4-8-3)9-6(2)7/h3-6H2,1-2H3;5H,4H2,1-3H3. The van der Waals surface area contributed by atoms with Gasteiger partial charge in [0.2, 0.25) is 0 Å². The molecule has 0 aromatic heterocycles. The van der Waals surface area contributed by atoms with Crippen LogP contribution in [0.15, 0.2) is 0 Å². The van der Waals surface area contributed by atoms with Crippen LogP contribution in [0.3, 0.4) is 0 Å². The molecule has 0 aromatic carbocycles. The number of methoxy groups -OCH3 is 1. The van der Waals surface area contributed by atoms with Crippen molar-refractivity contribution in [2.24, 2.45) is 0 Å². The van der Waals surface area contributed by atoms with E-state index in [1.165, 1.54) is 6.92 Å². The maximum atomic E-state index is 10.5. The minimum atomic E-state index is -0.264. The molecule has 0 aliphatic heterocycles. The molecule has 1 unspecified atom stereocenters. The first-order valence-corrected chi connectivity index (χ1v) is 6.37. The van der Waals surface area contributed by atoms with Crippen LogP contribution in [0.5, 0.6) is 0 Å². The van der Waals surface area contributed by atoms with Crippen molar-refractivity contribution in [3.05, 3.63) is 0 Å². The Balaban J connectivity index is 0. The van der Waals surface area contributed by atoms with Gasteiger partial charge in [-0.3, -0.25) is 9.59 Å². The first kappa shape index (κ1) is 20.2. The molecule has 19 heavy (non-hydrogen) atoms. The molecular weight excluding hydrogens is 252 g/mol. The zero-order chi connectivity index (χ0) is 15.1. The molecule has 0 N–H and O–H groups in total. The fourth-order valence-corrected chi connectivity index (χ4v) is 1.01. The van der Waals surface area contributed by atoms with Crippen LogP contribution < -0.4 is 0 Å². The van der Waals surface area contributed by atoms with E-state index in [1.54, 1.807) is 21.0 Å². The number of rotatable bonds is 8. The predicted octanol–water partition coefficient (Wildman–Crippen LogP) is 1.56. The van der Waals surface area contributed by atoms with Gasteiger partial charge in [-0.05, 0) is 13.8 Å². The van der Waals surface area contributed by atoms with Crippen LogP contribution in [0.25, 0.3) is 0 Å². The number of ether oxygens (including phenoxy) is 4. The van der Waals surface area contributed by atoms with Crippen LogP contribution in [0.1, 0.15) is 34.1 Å². The molecular formula is C13H26O6. The van der Waals surface area contributed by atoms with Gasteiger partial charge in [0.05, 0.1) is 13.2 Å². The van der Waals surface area contributed by atoms with E-state index < -0.39 is 0 Å². The highest BCUT2D eigenvalue weighted by molar-refractivity contribution is 5.68. The van der Waals surface area contributed by atoms with Gasteiger partial charge < -0.3 is 18.9 Å². The molecule has 0 rings (SSSR count). The van der Waals surface area contributed by atoms with E-state index in [4.69, 9.17) is 18.9 Å². The van der Waals surface area contributed by atoms with E-state index in [0.717, 1.165) is 0 Å². The molecule has 6 heteroatoms. The minimum Gasteiger partial charge on any atom is -0.463 e. The van der Waals surface area contributed by atoms with E-state index >= 15 is 0 Å². The first-order valence-electron chi connectivity index (χ1n) is 6.37. The number of hydrogen-bond donors (Lipinski definition) is 0. The van der Waals surface area contributed by atoms with Crippen molar-refractivity contribution in [2.75, 3.05) is 33.5 Å². The second-order valence-electron chi connectivity index (χ2n) is 3.65. The lowest BCUT2D eigenvalue weighted by Gasteiger charge is -2.08. The van der Waals surface area contributed by atoms with Crippen molar-refractivity contribution in [3.8, 4) is 0 Å². The normalized spacial score (nSPS) is 11.0. The lowest BCUT2D eigenvalue weighted by atomic mass is 10.4. The summed E-state index contributed by atoms with van der Waals surface area (Å²) in [5, 5.41) is 0. The Morgan fingerprint density at radius 3 is 2.21 bits per heavy atom. The van der Waals surface area contributed by atoms with E-state index in [-0.39, 0.29) is 18.0 Å². The summed E-state index contributed by atoms with van der Waals surface area (Å²) in [7, 11) is 1.57. The van der Waals surface area contributed by atoms with Gasteiger partial charge in [-0.2, -0.15) is 0 Å². The van der Waals surface area contributed by atoms with Crippen LogP contribution >= 0.6 is 0 Å². The molecule has 0 heterocycles. The number of esters is 2. The highest BCUT2D eigenvalue weighted by atomic mass is 16.6. The molecule has 0 spiro atoms. The monoisotopic (exact) mass is 278 g/mol. The maximum Gasteiger partial charge on any atom is 0.305 e. The largest absolute Gasteiger partial charge is 0.463 e. The molecule has 6 nitrogen and oxygen atoms in total. The summed E-state index contributed by atoms with van der Waals surface area (Å²) >= 11 is 0. The quantitative estimate of drug-likeness (QED) is 0.495. The van der Waals surface area contributed by atoms with E-state index in [0.29, 0.717) is 32.8 Å². The third-order valence-corrected chi connectivity index (χ3v) is 1.75. The topological polar surface area (TPSA) is 71.1 Å². The van der Waals surface area contributed by atoms with Crippen molar-refractivity contribution in [1.29, 1.82) is 0 Å². The van der Waals surface area contributed by atoms with Gasteiger partial charge in [0.1, 0.15) is 12.7 Å². The third kappa shape index (κ3) is 19.4. The van der Waals surface area contributed by atoms with E-state index in [1.807, 2.05) is 6.92 Å². The Hall–Kier alpha value is -1.14. The van der Waals surface area contributed by atoms with Gasteiger partial charge >= 0.3 is 11.9 Å². The maximum absolute atomic E-state index is 10.5. The number of carbonyl (C=O) groups is 2. The molecule has 114 valence electrons. The van der Waals surface area contributed by atoms with Gasteiger partial charge in [-0.15, -0.1) is 0 Å². The molecule has 0 bridgehead atoms.